The number of rotatable bonds is 3. The summed E-state index contributed by atoms with van der Waals surface area (Å²) in [5, 5.41) is 2.74. The van der Waals surface area contributed by atoms with E-state index in [2.05, 4.69) is 5.32 Å². The Morgan fingerprint density at radius 3 is 2.57 bits per heavy atom. The minimum Gasteiger partial charge on any atom is -0.494 e. The summed E-state index contributed by atoms with van der Waals surface area (Å²) < 4.78 is 10.3. The number of carbonyl (C=O) groups excluding carboxylic acids is 2. The first-order valence-corrected chi connectivity index (χ1v) is 7.90. The monoisotopic (exact) mass is 316 g/mol. The maximum absolute atomic E-state index is 12.7. The summed E-state index contributed by atoms with van der Waals surface area (Å²) in [6, 6.07) is 7.04. The molecule has 1 aromatic carbocycles. The van der Waals surface area contributed by atoms with E-state index in [0.29, 0.717) is 24.5 Å². The van der Waals surface area contributed by atoms with Gasteiger partial charge in [-0.1, -0.05) is 12.1 Å². The Morgan fingerprint density at radius 2 is 1.83 bits per heavy atom. The van der Waals surface area contributed by atoms with Gasteiger partial charge in [0.2, 0.25) is 5.76 Å². The SMILES string of the molecule is O=C(Nc1ccccc1C(=O)N1CCCCC1)C1=COCCO1. The molecule has 1 saturated heterocycles. The molecule has 6 nitrogen and oxygen atoms in total. The molecule has 6 heteroatoms. The van der Waals surface area contributed by atoms with E-state index in [4.69, 9.17) is 9.47 Å². The Bertz CT molecular complexity index is 621. The van der Waals surface area contributed by atoms with E-state index in [1.54, 1.807) is 24.3 Å². The first-order valence-electron chi connectivity index (χ1n) is 7.90. The normalized spacial score (nSPS) is 17.6. The number of nitrogens with zero attached hydrogens (tertiary/aromatic N) is 1. The lowest BCUT2D eigenvalue weighted by atomic mass is 10.1. The second-order valence-electron chi connectivity index (χ2n) is 5.55. The molecular formula is C17H20N2O4. The fourth-order valence-electron chi connectivity index (χ4n) is 2.72. The van der Waals surface area contributed by atoms with Crippen molar-refractivity contribution in [1.29, 1.82) is 0 Å². The molecule has 1 aromatic rings. The Balaban J connectivity index is 1.76. The van der Waals surface area contributed by atoms with Crippen molar-refractivity contribution in [3.8, 4) is 0 Å². The van der Waals surface area contributed by atoms with Crippen LogP contribution in [0.1, 0.15) is 29.6 Å². The third-order valence-corrected chi connectivity index (χ3v) is 3.92. The quantitative estimate of drug-likeness (QED) is 0.927. The standard InChI is InChI=1S/C17H20N2O4/c20-16(15-12-22-10-11-23-15)18-14-7-3-2-6-13(14)17(21)19-8-4-1-5-9-19/h2-3,6-7,12H,1,4-5,8-11H2,(H,18,20). The number of nitrogens with one attached hydrogen (secondary N) is 1. The summed E-state index contributed by atoms with van der Waals surface area (Å²) in [6.07, 6.45) is 4.51. The van der Waals surface area contributed by atoms with Crippen LogP contribution < -0.4 is 5.32 Å². The number of likely N-dealkylation sites (tertiary alicyclic amines) is 1. The number of anilines is 1. The smallest absolute Gasteiger partial charge is 0.294 e. The van der Waals surface area contributed by atoms with Crippen LogP contribution in [0.25, 0.3) is 0 Å². The van der Waals surface area contributed by atoms with Gasteiger partial charge in [0.1, 0.15) is 19.5 Å². The number of para-hydroxylation sites is 1. The Hall–Kier alpha value is -2.50. The average molecular weight is 316 g/mol. The third kappa shape index (κ3) is 3.64. The molecule has 1 N–H and O–H groups in total. The van der Waals surface area contributed by atoms with Gasteiger partial charge in [-0.3, -0.25) is 9.59 Å². The van der Waals surface area contributed by atoms with E-state index in [0.717, 1.165) is 32.4 Å². The fraction of sp³-hybridized carbons (Fsp3) is 0.412. The number of hydrogen-bond acceptors (Lipinski definition) is 4. The van der Waals surface area contributed by atoms with Crippen molar-refractivity contribution < 1.29 is 19.1 Å². The van der Waals surface area contributed by atoms with Gasteiger partial charge in [0.15, 0.2) is 0 Å². The van der Waals surface area contributed by atoms with Crippen LogP contribution in [0.2, 0.25) is 0 Å². The number of amides is 2. The Morgan fingerprint density at radius 1 is 1.04 bits per heavy atom. The molecule has 2 heterocycles. The van der Waals surface area contributed by atoms with Crippen LogP contribution >= 0.6 is 0 Å². The van der Waals surface area contributed by atoms with Crippen LogP contribution in [-0.2, 0) is 14.3 Å². The van der Waals surface area contributed by atoms with Crippen molar-refractivity contribution in [2.45, 2.75) is 19.3 Å². The van der Waals surface area contributed by atoms with Crippen molar-refractivity contribution in [2.75, 3.05) is 31.6 Å². The molecule has 3 rings (SSSR count). The molecule has 0 atom stereocenters. The number of ether oxygens (including phenoxy) is 2. The van der Waals surface area contributed by atoms with Gasteiger partial charge in [0.25, 0.3) is 11.8 Å². The summed E-state index contributed by atoms with van der Waals surface area (Å²) in [5.41, 5.74) is 0.989. The van der Waals surface area contributed by atoms with Crippen LogP contribution in [-0.4, -0.2) is 43.0 Å². The molecule has 0 unspecified atom stereocenters. The zero-order valence-electron chi connectivity index (χ0n) is 12.9. The molecule has 1 fully saturated rings. The highest BCUT2D eigenvalue weighted by molar-refractivity contribution is 6.07. The van der Waals surface area contributed by atoms with Gasteiger partial charge in [0, 0.05) is 13.1 Å². The lowest BCUT2D eigenvalue weighted by Crippen LogP contribution is -2.36. The highest BCUT2D eigenvalue weighted by Gasteiger charge is 2.22. The summed E-state index contributed by atoms with van der Waals surface area (Å²) >= 11 is 0. The van der Waals surface area contributed by atoms with Gasteiger partial charge in [-0.25, -0.2) is 0 Å². The Labute approximate surface area is 135 Å². The topological polar surface area (TPSA) is 67.9 Å². The van der Waals surface area contributed by atoms with Crippen molar-refractivity contribution in [3.05, 3.63) is 41.9 Å². The molecule has 23 heavy (non-hydrogen) atoms. The lowest BCUT2D eigenvalue weighted by molar-refractivity contribution is -0.117. The largest absolute Gasteiger partial charge is 0.494 e. The van der Waals surface area contributed by atoms with Crippen molar-refractivity contribution >= 4 is 17.5 Å². The van der Waals surface area contributed by atoms with Crippen molar-refractivity contribution in [2.24, 2.45) is 0 Å². The zero-order valence-corrected chi connectivity index (χ0v) is 12.9. The lowest BCUT2D eigenvalue weighted by Gasteiger charge is -2.27. The first kappa shape index (κ1) is 15.4. The number of hydrogen-bond donors (Lipinski definition) is 1. The molecule has 0 aliphatic carbocycles. The van der Waals surface area contributed by atoms with Gasteiger partial charge in [0.05, 0.1) is 11.3 Å². The van der Waals surface area contributed by atoms with E-state index >= 15 is 0 Å². The number of piperidine rings is 1. The molecule has 122 valence electrons. The van der Waals surface area contributed by atoms with Crippen LogP contribution in [0.3, 0.4) is 0 Å². The summed E-state index contributed by atoms with van der Waals surface area (Å²) in [4.78, 5) is 26.7. The van der Waals surface area contributed by atoms with E-state index in [1.807, 2.05) is 4.90 Å². The van der Waals surface area contributed by atoms with Gasteiger partial charge in [-0.05, 0) is 31.4 Å². The van der Waals surface area contributed by atoms with E-state index in [-0.39, 0.29) is 11.7 Å². The predicted octanol–water partition coefficient (Wildman–Crippen LogP) is 2.14. The van der Waals surface area contributed by atoms with Crippen LogP contribution in [0.5, 0.6) is 0 Å². The van der Waals surface area contributed by atoms with E-state index in [1.165, 1.54) is 6.26 Å². The third-order valence-electron chi connectivity index (χ3n) is 3.92. The molecule has 0 bridgehead atoms. The molecule has 0 aromatic heterocycles. The minimum atomic E-state index is -0.413. The van der Waals surface area contributed by atoms with Crippen LogP contribution in [0.15, 0.2) is 36.3 Å². The van der Waals surface area contributed by atoms with E-state index in [9.17, 15) is 9.59 Å². The summed E-state index contributed by atoms with van der Waals surface area (Å²) in [6.45, 7) is 2.31. The highest BCUT2D eigenvalue weighted by Crippen LogP contribution is 2.21. The second-order valence-corrected chi connectivity index (χ2v) is 5.55. The molecule has 2 amide bonds. The first-order chi connectivity index (χ1) is 11.3. The van der Waals surface area contributed by atoms with Gasteiger partial charge < -0.3 is 19.7 Å². The van der Waals surface area contributed by atoms with Crippen LogP contribution in [0.4, 0.5) is 5.69 Å². The Kier molecular flexibility index (Phi) is 4.80. The molecule has 0 spiro atoms. The van der Waals surface area contributed by atoms with Crippen LogP contribution in [0, 0.1) is 0 Å². The fourth-order valence-corrected chi connectivity index (χ4v) is 2.72. The molecule has 2 aliphatic rings. The maximum Gasteiger partial charge on any atom is 0.294 e. The van der Waals surface area contributed by atoms with Gasteiger partial charge in [-0.15, -0.1) is 0 Å². The van der Waals surface area contributed by atoms with Gasteiger partial charge >= 0.3 is 0 Å². The summed E-state index contributed by atoms with van der Waals surface area (Å²) in [7, 11) is 0. The van der Waals surface area contributed by atoms with Crippen molar-refractivity contribution in [1.82, 2.24) is 4.90 Å². The average Bonchev–Trinajstić information content (AvgIpc) is 2.63. The molecular weight excluding hydrogens is 296 g/mol. The molecule has 2 aliphatic heterocycles. The predicted molar refractivity (Wildman–Crippen MR) is 84.8 cm³/mol. The van der Waals surface area contributed by atoms with Gasteiger partial charge in [-0.2, -0.15) is 0 Å². The zero-order chi connectivity index (χ0) is 16.1. The summed E-state index contributed by atoms with van der Waals surface area (Å²) in [5.74, 6) is -0.338. The minimum absolute atomic E-state index is 0.0459. The number of carbonyl (C=O) groups is 2. The maximum atomic E-state index is 12.7. The highest BCUT2D eigenvalue weighted by atomic mass is 16.6. The van der Waals surface area contributed by atoms with E-state index < -0.39 is 5.91 Å². The van der Waals surface area contributed by atoms with Crippen molar-refractivity contribution in [3.63, 3.8) is 0 Å². The second kappa shape index (κ2) is 7.17. The molecule has 0 saturated carbocycles. The molecule has 0 radical (unpaired) electrons. The number of benzene rings is 1.